The van der Waals surface area contributed by atoms with Crippen LogP contribution in [-0.4, -0.2) is 15.8 Å². The van der Waals surface area contributed by atoms with E-state index in [0.29, 0.717) is 17.5 Å². The Hall–Kier alpha value is -3.41. The van der Waals surface area contributed by atoms with Crippen molar-refractivity contribution in [1.82, 2.24) is 9.55 Å². The molecular weight excluding hydrogens is 319 g/mol. The van der Waals surface area contributed by atoms with E-state index in [1.54, 1.807) is 24.4 Å². The van der Waals surface area contributed by atoms with Crippen LogP contribution in [0.25, 0.3) is 22.4 Å². The van der Waals surface area contributed by atoms with Gasteiger partial charge in [0.25, 0.3) is 0 Å². The second-order valence-electron chi connectivity index (χ2n) is 5.56. The van der Waals surface area contributed by atoms with Crippen LogP contribution in [0.2, 0.25) is 0 Å². The van der Waals surface area contributed by atoms with Gasteiger partial charge in [-0.25, -0.2) is 14.8 Å². The highest BCUT2D eigenvalue weighted by Crippen LogP contribution is 2.22. The van der Waals surface area contributed by atoms with Crippen molar-refractivity contribution in [2.24, 2.45) is 12.1 Å². The largest absolute Gasteiger partial charge is 0.455 e. The summed E-state index contributed by atoms with van der Waals surface area (Å²) in [5, 5.41) is 4.18. The van der Waals surface area contributed by atoms with Gasteiger partial charge in [0.1, 0.15) is 17.3 Å². The van der Waals surface area contributed by atoms with Crippen molar-refractivity contribution in [2.45, 2.75) is 0 Å². The Morgan fingerprint density at radius 2 is 1.88 bits per heavy atom. The number of fused-ring (bicyclic) bond motifs is 1. The maximum Gasteiger partial charge on any atom is 0.224 e. The van der Waals surface area contributed by atoms with Crippen molar-refractivity contribution in [3.05, 3.63) is 72.2 Å². The number of aryl methyl sites for hydroxylation is 1. The van der Waals surface area contributed by atoms with Gasteiger partial charge in [-0.05, 0) is 48.5 Å². The third-order valence-corrected chi connectivity index (χ3v) is 3.90. The summed E-state index contributed by atoms with van der Waals surface area (Å²) >= 11 is 0. The predicted molar refractivity (Wildman–Crippen MR) is 96.0 cm³/mol. The van der Waals surface area contributed by atoms with Gasteiger partial charge in [-0.1, -0.05) is 12.1 Å². The van der Waals surface area contributed by atoms with Gasteiger partial charge < -0.3 is 8.98 Å². The van der Waals surface area contributed by atoms with Gasteiger partial charge in [-0.3, -0.25) is 0 Å². The molecule has 0 spiro atoms. The molecule has 25 heavy (non-hydrogen) atoms. The number of rotatable bonds is 4. The van der Waals surface area contributed by atoms with Gasteiger partial charge in [0.2, 0.25) is 5.95 Å². The van der Waals surface area contributed by atoms with Gasteiger partial charge in [0.05, 0.1) is 17.2 Å². The maximum atomic E-state index is 13.0. The first-order valence-corrected chi connectivity index (χ1v) is 7.77. The summed E-state index contributed by atoms with van der Waals surface area (Å²) in [5.74, 6) is 1.61. The fourth-order valence-electron chi connectivity index (χ4n) is 2.59. The van der Waals surface area contributed by atoms with E-state index in [2.05, 4.69) is 15.5 Å². The maximum absolute atomic E-state index is 13.0. The van der Waals surface area contributed by atoms with Crippen molar-refractivity contribution >= 4 is 23.2 Å². The Balaban J connectivity index is 1.50. The number of hydrogen-bond acceptors (Lipinski definition) is 4. The molecule has 2 heterocycles. The summed E-state index contributed by atoms with van der Waals surface area (Å²) in [6.45, 7) is 0. The molecule has 1 N–H and O–H groups in total. The highest BCUT2D eigenvalue weighted by atomic mass is 19.1. The quantitative estimate of drug-likeness (QED) is 0.444. The van der Waals surface area contributed by atoms with Gasteiger partial charge in [-0.15, -0.1) is 0 Å². The van der Waals surface area contributed by atoms with Gasteiger partial charge >= 0.3 is 0 Å². The molecule has 0 aliphatic carbocycles. The fourth-order valence-corrected chi connectivity index (χ4v) is 2.59. The van der Waals surface area contributed by atoms with Crippen LogP contribution < -0.4 is 5.43 Å². The molecule has 0 saturated heterocycles. The molecule has 0 saturated carbocycles. The molecule has 0 unspecified atom stereocenters. The van der Waals surface area contributed by atoms with Gasteiger partial charge in [-0.2, -0.15) is 5.10 Å². The molecule has 0 bridgehead atoms. The van der Waals surface area contributed by atoms with Crippen molar-refractivity contribution < 1.29 is 8.81 Å². The summed E-state index contributed by atoms with van der Waals surface area (Å²) in [5.41, 5.74) is 5.66. The molecule has 124 valence electrons. The number of halogens is 1. The van der Waals surface area contributed by atoms with Crippen LogP contribution in [-0.2, 0) is 7.05 Å². The number of hydrogen-bond donors (Lipinski definition) is 1. The summed E-state index contributed by atoms with van der Waals surface area (Å²) in [7, 11) is 1.92. The molecule has 0 aliphatic heterocycles. The van der Waals surface area contributed by atoms with E-state index < -0.39 is 0 Å². The number of nitrogens with zero attached hydrogens (tertiary/aromatic N) is 3. The summed E-state index contributed by atoms with van der Waals surface area (Å²) in [6, 6.07) is 17.6. The zero-order valence-electron chi connectivity index (χ0n) is 13.5. The molecule has 0 aliphatic rings. The fraction of sp³-hybridized carbons (Fsp3) is 0.0526. The Kier molecular flexibility index (Phi) is 3.78. The van der Waals surface area contributed by atoms with Crippen LogP contribution in [0.1, 0.15) is 5.76 Å². The second-order valence-corrected chi connectivity index (χ2v) is 5.56. The third-order valence-electron chi connectivity index (χ3n) is 3.90. The smallest absolute Gasteiger partial charge is 0.224 e. The number of imidazole rings is 1. The Labute approximate surface area is 143 Å². The van der Waals surface area contributed by atoms with Crippen LogP contribution in [0.4, 0.5) is 10.3 Å². The lowest BCUT2D eigenvalue weighted by Gasteiger charge is -1.99. The summed E-state index contributed by atoms with van der Waals surface area (Å²) < 4.78 is 20.6. The van der Waals surface area contributed by atoms with Crippen LogP contribution >= 0.6 is 0 Å². The minimum atomic E-state index is -0.274. The van der Waals surface area contributed by atoms with E-state index in [1.165, 1.54) is 12.1 Å². The number of aromatic nitrogens is 2. The average Bonchev–Trinajstić information content (AvgIpc) is 3.22. The minimum Gasteiger partial charge on any atom is -0.455 e. The van der Waals surface area contributed by atoms with Gasteiger partial charge in [0.15, 0.2) is 0 Å². The monoisotopic (exact) mass is 334 g/mol. The molecule has 4 aromatic rings. The lowest BCUT2D eigenvalue weighted by Crippen LogP contribution is -1.98. The van der Waals surface area contributed by atoms with E-state index in [1.807, 2.05) is 41.9 Å². The van der Waals surface area contributed by atoms with E-state index in [4.69, 9.17) is 4.42 Å². The van der Waals surface area contributed by atoms with Crippen molar-refractivity contribution in [3.63, 3.8) is 0 Å². The van der Waals surface area contributed by atoms with Crippen LogP contribution in [0.3, 0.4) is 0 Å². The molecule has 2 aromatic carbocycles. The first-order valence-electron chi connectivity index (χ1n) is 7.77. The van der Waals surface area contributed by atoms with Crippen molar-refractivity contribution in [1.29, 1.82) is 0 Å². The first kappa shape index (κ1) is 15.1. The Bertz CT molecular complexity index is 1050. The molecule has 0 radical (unpaired) electrons. The SMILES string of the molecule is Cn1c(N/N=C\c2ccc(-c3ccc(F)cc3)o2)nc2ccccc21. The highest BCUT2D eigenvalue weighted by molar-refractivity contribution is 5.80. The second kappa shape index (κ2) is 6.24. The zero-order valence-corrected chi connectivity index (χ0v) is 13.5. The number of anilines is 1. The minimum absolute atomic E-state index is 0.274. The lowest BCUT2D eigenvalue weighted by atomic mass is 10.2. The van der Waals surface area contributed by atoms with Crippen LogP contribution in [0, 0.1) is 5.82 Å². The van der Waals surface area contributed by atoms with Crippen molar-refractivity contribution in [3.8, 4) is 11.3 Å². The summed E-state index contributed by atoms with van der Waals surface area (Å²) in [6.07, 6.45) is 1.58. The topological polar surface area (TPSA) is 55.4 Å². The highest BCUT2D eigenvalue weighted by Gasteiger charge is 2.06. The number of para-hydroxylation sites is 2. The first-order chi connectivity index (χ1) is 12.2. The zero-order chi connectivity index (χ0) is 17.2. The van der Waals surface area contributed by atoms with E-state index >= 15 is 0 Å². The molecule has 0 atom stereocenters. The molecular formula is C19H15FN4O. The van der Waals surface area contributed by atoms with E-state index in [9.17, 15) is 4.39 Å². The number of benzene rings is 2. The number of furan rings is 1. The number of nitrogens with one attached hydrogen (secondary N) is 1. The molecule has 0 amide bonds. The predicted octanol–water partition coefficient (Wildman–Crippen LogP) is 4.42. The molecule has 6 heteroatoms. The Morgan fingerprint density at radius 3 is 2.68 bits per heavy atom. The Morgan fingerprint density at radius 1 is 1.08 bits per heavy atom. The average molecular weight is 334 g/mol. The molecule has 2 aromatic heterocycles. The van der Waals surface area contributed by atoms with E-state index in [-0.39, 0.29) is 5.82 Å². The molecule has 0 fully saturated rings. The van der Waals surface area contributed by atoms with Crippen molar-refractivity contribution in [2.75, 3.05) is 5.43 Å². The van der Waals surface area contributed by atoms with Gasteiger partial charge in [0, 0.05) is 12.6 Å². The summed E-state index contributed by atoms with van der Waals surface area (Å²) in [4.78, 5) is 4.48. The lowest BCUT2D eigenvalue weighted by molar-refractivity contribution is 0.574. The van der Waals surface area contributed by atoms with Crippen LogP contribution in [0.15, 0.2) is 70.2 Å². The van der Waals surface area contributed by atoms with E-state index in [0.717, 1.165) is 16.6 Å². The van der Waals surface area contributed by atoms with Crippen LogP contribution in [0.5, 0.6) is 0 Å². The third kappa shape index (κ3) is 3.01. The molecule has 4 rings (SSSR count). The normalized spacial score (nSPS) is 11.4. The standard InChI is InChI=1S/C19H15FN4O/c1-24-17-5-3-2-4-16(17)22-19(24)23-21-12-15-10-11-18(25-15)13-6-8-14(20)9-7-13/h2-12H,1H3,(H,22,23)/b21-12-. The molecule has 5 nitrogen and oxygen atoms in total. The number of hydrazone groups is 1.